The Morgan fingerprint density at radius 1 is 1.33 bits per heavy atom. The Balaban J connectivity index is 1.60. The molecule has 1 fully saturated rings. The van der Waals surface area contributed by atoms with Gasteiger partial charge in [0.2, 0.25) is 5.95 Å². The number of hydrogen-bond acceptors (Lipinski definition) is 5. The molecule has 0 spiro atoms. The van der Waals surface area contributed by atoms with Gasteiger partial charge in [0.05, 0.1) is 6.10 Å². The van der Waals surface area contributed by atoms with E-state index in [0.717, 1.165) is 50.6 Å². The molecule has 0 amide bonds. The fraction of sp³-hybridized carbons (Fsp3) is 0.600. The summed E-state index contributed by atoms with van der Waals surface area (Å²) in [4.78, 5) is 6.84. The second kappa shape index (κ2) is 6.41. The lowest BCUT2D eigenvalue weighted by atomic mass is 10.1. The molecule has 2 aromatic rings. The predicted molar refractivity (Wildman–Crippen MR) is 82.6 cm³/mol. The summed E-state index contributed by atoms with van der Waals surface area (Å²) < 4.78 is 7.69. The fourth-order valence-corrected chi connectivity index (χ4v) is 2.66. The first kappa shape index (κ1) is 14.3. The van der Waals surface area contributed by atoms with E-state index in [0.29, 0.717) is 12.6 Å². The molecule has 2 N–H and O–H groups in total. The Bertz CT molecular complexity index is 589. The van der Waals surface area contributed by atoms with Crippen LogP contribution < -0.4 is 10.6 Å². The maximum atomic E-state index is 5.83. The van der Waals surface area contributed by atoms with Gasteiger partial charge in [0.15, 0.2) is 5.65 Å². The average Bonchev–Trinajstić information content (AvgIpc) is 2.91. The average molecular weight is 289 g/mol. The van der Waals surface area contributed by atoms with E-state index in [9.17, 15) is 0 Å². The molecule has 0 aliphatic carbocycles. The lowest BCUT2D eigenvalue weighted by Gasteiger charge is -2.31. The van der Waals surface area contributed by atoms with Crippen LogP contribution >= 0.6 is 0 Å². The first-order valence-electron chi connectivity index (χ1n) is 7.66. The summed E-state index contributed by atoms with van der Waals surface area (Å²) in [6, 6.07) is 4.07. The summed E-state index contributed by atoms with van der Waals surface area (Å²) in [7, 11) is 0. The third kappa shape index (κ3) is 3.33. The van der Waals surface area contributed by atoms with Gasteiger partial charge in [0.1, 0.15) is 0 Å². The van der Waals surface area contributed by atoms with E-state index in [1.54, 1.807) is 0 Å². The van der Waals surface area contributed by atoms with Crippen LogP contribution in [-0.4, -0.2) is 46.9 Å². The first-order chi connectivity index (χ1) is 10.3. The molecule has 3 heterocycles. The van der Waals surface area contributed by atoms with Crippen molar-refractivity contribution in [3.8, 4) is 0 Å². The van der Waals surface area contributed by atoms with E-state index >= 15 is 0 Å². The highest BCUT2D eigenvalue weighted by molar-refractivity contribution is 5.45. The molecule has 0 unspecified atom stereocenters. The van der Waals surface area contributed by atoms with E-state index in [-0.39, 0.29) is 0 Å². The maximum Gasteiger partial charge on any atom is 0.245 e. The Labute approximate surface area is 124 Å². The molecule has 114 valence electrons. The molecule has 0 saturated carbocycles. The molecule has 2 aromatic heterocycles. The summed E-state index contributed by atoms with van der Waals surface area (Å²) in [5.41, 5.74) is 7.57. The van der Waals surface area contributed by atoms with Crippen molar-refractivity contribution in [1.29, 1.82) is 0 Å². The van der Waals surface area contributed by atoms with Crippen LogP contribution in [-0.2, 0) is 4.74 Å². The van der Waals surface area contributed by atoms with E-state index in [2.05, 4.69) is 28.0 Å². The largest absolute Gasteiger partial charge is 0.378 e. The summed E-state index contributed by atoms with van der Waals surface area (Å²) in [5.74, 6) is 0.820. The molecule has 6 nitrogen and oxygen atoms in total. The second-order valence-corrected chi connectivity index (χ2v) is 5.62. The molecule has 1 aliphatic rings. The number of aryl methyl sites for hydroxylation is 1. The zero-order valence-corrected chi connectivity index (χ0v) is 12.5. The summed E-state index contributed by atoms with van der Waals surface area (Å²) >= 11 is 0. The van der Waals surface area contributed by atoms with Crippen LogP contribution in [0.15, 0.2) is 18.3 Å². The van der Waals surface area contributed by atoms with Crippen LogP contribution in [0.1, 0.15) is 24.8 Å². The standard InChI is InChI=1S/C15H23N5O/c1-12-3-4-14-17-15(18-20(14)11-12)19-8-5-13(6-9-19)21-10-2-7-16/h3-4,11,13H,2,5-10,16H2,1H3. The topological polar surface area (TPSA) is 68.7 Å². The molecule has 21 heavy (non-hydrogen) atoms. The third-order valence-corrected chi connectivity index (χ3v) is 3.89. The molecule has 3 rings (SSSR count). The van der Waals surface area contributed by atoms with Crippen molar-refractivity contribution in [2.24, 2.45) is 5.73 Å². The number of ether oxygens (including phenoxy) is 1. The highest BCUT2D eigenvalue weighted by Crippen LogP contribution is 2.19. The van der Waals surface area contributed by atoms with Crippen molar-refractivity contribution in [1.82, 2.24) is 14.6 Å². The number of anilines is 1. The van der Waals surface area contributed by atoms with Crippen LogP contribution in [0, 0.1) is 6.92 Å². The summed E-state index contributed by atoms with van der Waals surface area (Å²) in [6.07, 6.45) is 5.35. The summed E-state index contributed by atoms with van der Waals surface area (Å²) in [5, 5.41) is 4.57. The van der Waals surface area contributed by atoms with Gasteiger partial charge in [-0.3, -0.25) is 0 Å². The highest BCUT2D eigenvalue weighted by Gasteiger charge is 2.22. The summed E-state index contributed by atoms with van der Waals surface area (Å²) in [6.45, 7) is 5.42. The van der Waals surface area contributed by atoms with Gasteiger partial charge in [-0.15, -0.1) is 5.10 Å². The normalized spacial score (nSPS) is 16.8. The van der Waals surface area contributed by atoms with Crippen molar-refractivity contribution in [2.75, 3.05) is 31.1 Å². The quantitative estimate of drug-likeness (QED) is 0.842. The van der Waals surface area contributed by atoms with Gasteiger partial charge in [-0.25, -0.2) is 4.52 Å². The van der Waals surface area contributed by atoms with E-state index in [1.807, 2.05) is 16.8 Å². The van der Waals surface area contributed by atoms with Crippen molar-refractivity contribution in [3.63, 3.8) is 0 Å². The first-order valence-corrected chi connectivity index (χ1v) is 7.66. The van der Waals surface area contributed by atoms with E-state index < -0.39 is 0 Å². The molecular formula is C15H23N5O. The van der Waals surface area contributed by atoms with Gasteiger partial charge in [-0.2, -0.15) is 4.98 Å². The van der Waals surface area contributed by atoms with Gasteiger partial charge in [0, 0.05) is 25.9 Å². The van der Waals surface area contributed by atoms with Gasteiger partial charge < -0.3 is 15.4 Å². The smallest absolute Gasteiger partial charge is 0.245 e. The fourth-order valence-electron chi connectivity index (χ4n) is 2.66. The zero-order valence-electron chi connectivity index (χ0n) is 12.5. The van der Waals surface area contributed by atoms with Crippen LogP contribution in [0.25, 0.3) is 5.65 Å². The Hall–Kier alpha value is -1.66. The van der Waals surface area contributed by atoms with Gasteiger partial charge in [-0.1, -0.05) is 6.07 Å². The zero-order chi connectivity index (χ0) is 14.7. The highest BCUT2D eigenvalue weighted by atomic mass is 16.5. The van der Waals surface area contributed by atoms with Crippen molar-refractivity contribution < 1.29 is 4.74 Å². The van der Waals surface area contributed by atoms with Crippen molar-refractivity contribution in [2.45, 2.75) is 32.3 Å². The Kier molecular flexibility index (Phi) is 4.36. The maximum absolute atomic E-state index is 5.83. The second-order valence-electron chi connectivity index (χ2n) is 5.62. The number of nitrogens with zero attached hydrogens (tertiary/aromatic N) is 4. The minimum atomic E-state index is 0.354. The molecule has 0 aromatic carbocycles. The lowest BCUT2D eigenvalue weighted by Crippen LogP contribution is -2.37. The molecule has 6 heteroatoms. The van der Waals surface area contributed by atoms with Crippen LogP contribution in [0.5, 0.6) is 0 Å². The van der Waals surface area contributed by atoms with Crippen LogP contribution in [0.4, 0.5) is 5.95 Å². The van der Waals surface area contributed by atoms with E-state index in [4.69, 9.17) is 10.5 Å². The Morgan fingerprint density at radius 3 is 2.90 bits per heavy atom. The third-order valence-electron chi connectivity index (χ3n) is 3.89. The number of fused-ring (bicyclic) bond motifs is 1. The molecule has 1 aliphatic heterocycles. The van der Waals surface area contributed by atoms with Crippen molar-refractivity contribution in [3.05, 3.63) is 23.9 Å². The molecule has 1 saturated heterocycles. The number of piperidine rings is 1. The number of rotatable bonds is 5. The van der Waals surface area contributed by atoms with Crippen LogP contribution in [0.3, 0.4) is 0 Å². The lowest BCUT2D eigenvalue weighted by molar-refractivity contribution is 0.0365. The molecule has 0 radical (unpaired) electrons. The van der Waals surface area contributed by atoms with Gasteiger partial charge in [-0.05, 0) is 44.4 Å². The Morgan fingerprint density at radius 2 is 2.14 bits per heavy atom. The molecule has 0 bridgehead atoms. The number of aromatic nitrogens is 3. The molecular weight excluding hydrogens is 266 g/mol. The minimum absolute atomic E-state index is 0.354. The SMILES string of the molecule is Cc1ccc2nc(N3CCC(OCCCN)CC3)nn2c1. The van der Waals surface area contributed by atoms with Crippen LogP contribution in [0.2, 0.25) is 0 Å². The van der Waals surface area contributed by atoms with Gasteiger partial charge in [0.25, 0.3) is 0 Å². The number of pyridine rings is 1. The predicted octanol–water partition coefficient (Wildman–Crippen LogP) is 1.37. The monoisotopic (exact) mass is 289 g/mol. The van der Waals surface area contributed by atoms with E-state index in [1.165, 1.54) is 5.56 Å². The number of nitrogens with two attached hydrogens (primary N) is 1. The van der Waals surface area contributed by atoms with Gasteiger partial charge >= 0.3 is 0 Å². The molecule has 0 atom stereocenters. The minimum Gasteiger partial charge on any atom is -0.378 e. The van der Waals surface area contributed by atoms with Crippen molar-refractivity contribution >= 4 is 11.6 Å². The number of hydrogen-bond donors (Lipinski definition) is 1.